The predicted molar refractivity (Wildman–Crippen MR) is 76.4 cm³/mol. The van der Waals surface area contributed by atoms with Gasteiger partial charge in [0.1, 0.15) is 0 Å². The zero-order valence-corrected chi connectivity index (χ0v) is 13.1. The van der Waals surface area contributed by atoms with Crippen LogP contribution in [0.25, 0.3) is 0 Å². The van der Waals surface area contributed by atoms with Gasteiger partial charge in [-0.1, -0.05) is 34.8 Å². The van der Waals surface area contributed by atoms with Crippen LogP contribution in [0.3, 0.4) is 0 Å². The Morgan fingerprint density at radius 3 is 2.00 bits per heavy atom. The van der Waals surface area contributed by atoms with E-state index in [4.69, 9.17) is 34.8 Å². The lowest BCUT2D eigenvalue weighted by molar-refractivity contribution is -0.117. The smallest absolute Gasteiger partial charge is 0.276 e. The number of halogens is 3. The first-order valence-corrected chi connectivity index (χ1v) is 7.66. The molecule has 0 spiro atoms. The van der Waals surface area contributed by atoms with Crippen molar-refractivity contribution in [2.75, 3.05) is 5.32 Å². The van der Waals surface area contributed by atoms with Gasteiger partial charge in [0.15, 0.2) is 0 Å². The molecule has 6 nitrogen and oxygen atoms in total. The molecule has 110 valence electrons. The summed E-state index contributed by atoms with van der Waals surface area (Å²) in [6, 6.07) is 4.98. The molecule has 1 rings (SSSR count). The van der Waals surface area contributed by atoms with E-state index in [0.717, 1.165) is 6.92 Å². The van der Waals surface area contributed by atoms with Gasteiger partial charge in [0, 0.05) is 12.6 Å². The van der Waals surface area contributed by atoms with E-state index >= 15 is 0 Å². The van der Waals surface area contributed by atoms with E-state index in [9.17, 15) is 18.0 Å². The lowest BCUT2D eigenvalue weighted by Gasteiger charge is -2.11. The Labute approximate surface area is 130 Å². The molecule has 2 amide bonds. The molecule has 0 atom stereocenters. The van der Waals surface area contributed by atoms with Crippen molar-refractivity contribution < 1.29 is 18.0 Å². The van der Waals surface area contributed by atoms with E-state index in [2.05, 4.69) is 5.32 Å². The highest BCUT2D eigenvalue weighted by Gasteiger charge is 2.30. The summed E-state index contributed by atoms with van der Waals surface area (Å²) in [5, 5.41) is 2.28. The van der Waals surface area contributed by atoms with Gasteiger partial charge in [-0.3, -0.25) is 9.59 Å². The van der Waals surface area contributed by atoms with Gasteiger partial charge in [-0.2, -0.15) is 0 Å². The molecule has 0 aliphatic rings. The van der Waals surface area contributed by atoms with Gasteiger partial charge in [0.05, 0.1) is 4.90 Å². The van der Waals surface area contributed by atoms with Crippen molar-refractivity contribution in [2.45, 2.75) is 15.6 Å². The first-order valence-electron chi connectivity index (χ1n) is 5.04. The molecule has 0 bridgehead atoms. The van der Waals surface area contributed by atoms with Crippen molar-refractivity contribution in [2.24, 2.45) is 0 Å². The number of anilines is 1. The molecule has 0 aromatic heterocycles. The average molecular weight is 360 g/mol. The van der Waals surface area contributed by atoms with Gasteiger partial charge in [-0.05, 0) is 24.3 Å². The van der Waals surface area contributed by atoms with Crippen LogP contribution in [0.5, 0.6) is 0 Å². The molecule has 2 N–H and O–H groups in total. The van der Waals surface area contributed by atoms with E-state index in [1.54, 1.807) is 4.72 Å². The zero-order chi connectivity index (χ0) is 15.6. The van der Waals surface area contributed by atoms with Crippen molar-refractivity contribution in [3.8, 4) is 0 Å². The van der Waals surface area contributed by atoms with Crippen LogP contribution in [-0.4, -0.2) is 24.0 Å². The summed E-state index contributed by atoms with van der Waals surface area (Å²) in [6.45, 7) is 1.08. The number of alkyl halides is 3. The SMILES string of the molecule is CC(=O)NS(=O)(=O)c1ccc(NC(=O)C(Cl)(Cl)Cl)cc1. The van der Waals surface area contributed by atoms with Crippen molar-refractivity contribution in [1.29, 1.82) is 0 Å². The fourth-order valence-electron chi connectivity index (χ4n) is 1.17. The Morgan fingerprint density at radius 1 is 1.10 bits per heavy atom. The van der Waals surface area contributed by atoms with Crippen molar-refractivity contribution >= 4 is 62.3 Å². The normalized spacial score (nSPS) is 11.8. The number of amides is 2. The molecule has 0 saturated heterocycles. The van der Waals surface area contributed by atoms with Crippen LogP contribution in [-0.2, 0) is 19.6 Å². The molecule has 0 radical (unpaired) electrons. The molecule has 0 fully saturated rings. The van der Waals surface area contributed by atoms with Gasteiger partial charge < -0.3 is 5.32 Å². The molecule has 0 saturated carbocycles. The van der Waals surface area contributed by atoms with Crippen LogP contribution in [0, 0.1) is 0 Å². The Bertz CT molecular complexity index is 623. The molecule has 20 heavy (non-hydrogen) atoms. The predicted octanol–water partition coefficient (Wildman–Crippen LogP) is 1.82. The monoisotopic (exact) mass is 358 g/mol. The van der Waals surface area contributed by atoms with Gasteiger partial charge in [-0.25, -0.2) is 13.1 Å². The second-order valence-electron chi connectivity index (χ2n) is 3.64. The summed E-state index contributed by atoms with van der Waals surface area (Å²) in [7, 11) is -3.92. The zero-order valence-electron chi connectivity index (χ0n) is 9.98. The van der Waals surface area contributed by atoms with Gasteiger partial charge >= 0.3 is 0 Å². The fraction of sp³-hybridized carbons (Fsp3) is 0.200. The topological polar surface area (TPSA) is 92.3 Å². The summed E-state index contributed by atoms with van der Waals surface area (Å²) in [5.41, 5.74) is 0.239. The third-order valence-electron chi connectivity index (χ3n) is 1.96. The molecule has 0 unspecified atom stereocenters. The first-order chi connectivity index (χ1) is 9.02. The van der Waals surface area contributed by atoms with Crippen LogP contribution < -0.4 is 10.0 Å². The number of carbonyl (C=O) groups excluding carboxylic acids is 2. The average Bonchev–Trinajstić information content (AvgIpc) is 2.26. The van der Waals surface area contributed by atoms with E-state index in [-0.39, 0.29) is 10.6 Å². The van der Waals surface area contributed by atoms with E-state index in [0.29, 0.717) is 0 Å². The van der Waals surface area contributed by atoms with Crippen molar-refractivity contribution in [3.05, 3.63) is 24.3 Å². The maximum absolute atomic E-state index is 11.7. The third kappa shape index (κ3) is 4.82. The Kier molecular flexibility index (Phi) is 5.26. The van der Waals surface area contributed by atoms with Crippen LogP contribution in [0.1, 0.15) is 6.92 Å². The van der Waals surface area contributed by atoms with Crippen LogP contribution >= 0.6 is 34.8 Å². The first kappa shape index (κ1) is 17.0. The largest absolute Gasteiger partial charge is 0.322 e. The minimum absolute atomic E-state index is 0.139. The lowest BCUT2D eigenvalue weighted by Crippen LogP contribution is -2.28. The summed E-state index contributed by atoms with van der Waals surface area (Å²) < 4.78 is 23.0. The lowest BCUT2D eigenvalue weighted by atomic mass is 10.3. The Balaban J connectivity index is 2.90. The van der Waals surface area contributed by atoms with Crippen LogP contribution in [0.2, 0.25) is 0 Å². The second-order valence-corrected chi connectivity index (χ2v) is 7.60. The van der Waals surface area contributed by atoms with Crippen LogP contribution in [0.15, 0.2) is 29.2 Å². The third-order valence-corrected chi connectivity index (χ3v) is 3.92. The van der Waals surface area contributed by atoms with Crippen molar-refractivity contribution in [1.82, 2.24) is 4.72 Å². The Morgan fingerprint density at radius 2 is 1.60 bits per heavy atom. The van der Waals surface area contributed by atoms with Crippen molar-refractivity contribution in [3.63, 3.8) is 0 Å². The number of carbonyl (C=O) groups is 2. The minimum Gasteiger partial charge on any atom is -0.322 e. The minimum atomic E-state index is -3.92. The summed E-state index contributed by atoms with van der Waals surface area (Å²) >= 11 is 16.1. The van der Waals surface area contributed by atoms with E-state index < -0.39 is 25.6 Å². The van der Waals surface area contributed by atoms with Crippen LogP contribution in [0.4, 0.5) is 5.69 Å². The second kappa shape index (κ2) is 6.17. The highest BCUT2D eigenvalue weighted by atomic mass is 35.6. The molecule has 1 aromatic carbocycles. The number of hydrogen-bond acceptors (Lipinski definition) is 4. The van der Waals surface area contributed by atoms with Gasteiger partial charge in [0.2, 0.25) is 5.91 Å². The highest BCUT2D eigenvalue weighted by molar-refractivity contribution is 7.90. The summed E-state index contributed by atoms with van der Waals surface area (Å²) in [4.78, 5) is 22.0. The van der Waals surface area contributed by atoms with E-state index in [1.165, 1.54) is 24.3 Å². The number of benzene rings is 1. The molecule has 0 heterocycles. The highest BCUT2D eigenvalue weighted by Crippen LogP contribution is 2.27. The van der Waals surface area contributed by atoms with Gasteiger partial charge in [-0.15, -0.1) is 0 Å². The van der Waals surface area contributed by atoms with E-state index in [1.807, 2.05) is 0 Å². The standard InChI is InChI=1S/C10H9Cl3N2O4S/c1-6(16)15-20(18,19)8-4-2-7(3-5-8)14-9(17)10(11,12)13/h2-5H,1H3,(H,14,17)(H,15,16). The summed E-state index contributed by atoms with van der Waals surface area (Å²) in [6.07, 6.45) is 0. The number of sulfonamides is 1. The molecular formula is C10H9Cl3N2O4S. The maximum atomic E-state index is 11.7. The molecular weight excluding hydrogens is 351 g/mol. The summed E-state index contributed by atoms with van der Waals surface area (Å²) in [5.74, 6) is -1.58. The maximum Gasteiger partial charge on any atom is 0.276 e. The molecule has 10 heteroatoms. The van der Waals surface area contributed by atoms with Gasteiger partial charge in [0.25, 0.3) is 19.7 Å². The number of hydrogen-bond donors (Lipinski definition) is 2. The molecule has 1 aromatic rings. The molecule has 0 aliphatic carbocycles. The molecule has 0 aliphatic heterocycles. The number of nitrogens with one attached hydrogen (secondary N) is 2. The quantitative estimate of drug-likeness (QED) is 0.805. The Hall–Kier alpha value is -1.02. The number of rotatable bonds is 3. The fourth-order valence-corrected chi connectivity index (χ4v) is 2.30.